The predicted molar refractivity (Wildman–Crippen MR) is 120 cm³/mol. The summed E-state index contributed by atoms with van der Waals surface area (Å²) in [5, 5.41) is 5.78. The van der Waals surface area contributed by atoms with E-state index in [9.17, 15) is 9.59 Å². The third-order valence-corrected chi connectivity index (χ3v) is 4.40. The van der Waals surface area contributed by atoms with Crippen LogP contribution in [-0.4, -0.2) is 36.5 Å². The number of carbonyl (C=O) groups excluding carboxylic acids is 2. The molecule has 1 aromatic carbocycles. The number of hydrogen-bond donors (Lipinski definition) is 2. The SMILES string of the molecule is CC(C)C(=O)N(Cc1ccco1)Cc1cc(NC(=O)NC(C)(C)C)ccc1N(C)C. The molecular formula is C23H34N4O3. The van der Waals surface area contributed by atoms with Gasteiger partial charge >= 0.3 is 6.03 Å². The van der Waals surface area contributed by atoms with Crippen LogP contribution in [0.4, 0.5) is 16.2 Å². The molecule has 2 rings (SSSR count). The standard InChI is InChI=1S/C23H34N4O3/c1-16(2)21(28)27(15-19-9-8-12-30-19)14-17-13-18(10-11-20(17)26(6)7)24-22(29)25-23(3,4)5/h8-13,16H,14-15H2,1-7H3,(H2,24,25,29). The van der Waals surface area contributed by atoms with Crippen LogP contribution in [0.3, 0.4) is 0 Å². The Morgan fingerprint density at radius 3 is 2.33 bits per heavy atom. The summed E-state index contributed by atoms with van der Waals surface area (Å²) in [5.41, 5.74) is 2.26. The number of nitrogens with zero attached hydrogens (tertiary/aromatic N) is 2. The van der Waals surface area contributed by atoms with Crippen LogP contribution in [0.1, 0.15) is 45.9 Å². The molecule has 0 atom stereocenters. The van der Waals surface area contributed by atoms with E-state index in [2.05, 4.69) is 10.6 Å². The van der Waals surface area contributed by atoms with Gasteiger partial charge in [-0.3, -0.25) is 4.79 Å². The van der Waals surface area contributed by atoms with Crippen LogP contribution in [0.2, 0.25) is 0 Å². The Labute approximate surface area is 179 Å². The summed E-state index contributed by atoms with van der Waals surface area (Å²) in [4.78, 5) is 28.9. The molecule has 2 aromatic rings. The molecule has 1 aromatic heterocycles. The van der Waals surface area contributed by atoms with Crippen molar-refractivity contribution in [1.29, 1.82) is 0 Å². The van der Waals surface area contributed by atoms with Gasteiger partial charge in [0.2, 0.25) is 5.91 Å². The zero-order valence-corrected chi connectivity index (χ0v) is 19.1. The van der Waals surface area contributed by atoms with Gasteiger partial charge in [-0.15, -0.1) is 0 Å². The second-order valence-electron chi connectivity index (χ2n) is 9.00. The lowest BCUT2D eigenvalue weighted by molar-refractivity contribution is -0.136. The van der Waals surface area contributed by atoms with Gasteiger partial charge in [0.1, 0.15) is 5.76 Å². The maximum atomic E-state index is 12.9. The molecule has 0 aliphatic rings. The van der Waals surface area contributed by atoms with Gasteiger partial charge in [-0.2, -0.15) is 0 Å². The third-order valence-electron chi connectivity index (χ3n) is 4.40. The van der Waals surface area contributed by atoms with Crippen molar-refractivity contribution in [2.75, 3.05) is 24.3 Å². The predicted octanol–water partition coefficient (Wildman–Crippen LogP) is 4.45. The quantitative estimate of drug-likeness (QED) is 0.702. The van der Waals surface area contributed by atoms with Crippen LogP contribution in [0.15, 0.2) is 41.0 Å². The lowest BCUT2D eigenvalue weighted by atomic mass is 10.1. The van der Waals surface area contributed by atoms with E-state index in [1.54, 1.807) is 11.2 Å². The summed E-state index contributed by atoms with van der Waals surface area (Å²) in [6.07, 6.45) is 1.61. The number of anilines is 2. The van der Waals surface area contributed by atoms with Crippen LogP contribution >= 0.6 is 0 Å². The molecule has 7 heteroatoms. The van der Waals surface area contributed by atoms with Gasteiger partial charge in [0.25, 0.3) is 0 Å². The largest absolute Gasteiger partial charge is 0.467 e. The summed E-state index contributed by atoms with van der Waals surface area (Å²) < 4.78 is 5.46. The van der Waals surface area contributed by atoms with Crippen LogP contribution in [0.25, 0.3) is 0 Å². The summed E-state index contributed by atoms with van der Waals surface area (Å²) >= 11 is 0. The van der Waals surface area contributed by atoms with E-state index in [1.165, 1.54) is 0 Å². The van der Waals surface area contributed by atoms with Gasteiger partial charge in [0, 0.05) is 43.5 Å². The number of carbonyl (C=O) groups is 2. The Hall–Kier alpha value is -2.96. The summed E-state index contributed by atoms with van der Waals surface area (Å²) in [6.45, 7) is 10.4. The number of urea groups is 1. The third kappa shape index (κ3) is 6.83. The van der Waals surface area contributed by atoms with E-state index in [1.807, 2.05) is 83.9 Å². The topological polar surface area (TPSA) is 77.8 Å². The van der Waals surface area contributed by atoms with Gasteiger partial charge < -0.3 is 24.9 Å². The highest BCUT2D eigenvalue weighted by molar-refractivity contribution is 5.90. The molecule has 0 aliphatic heterocycles. The lowest BCUT2D eigenvalue weighted by Gasteiger charge is -2.27. The van der Waals surface area contributed by atoms with Gasteiger partial charge in [0.15, 0.2) is 0 Å². The van der Waals surface area contributed by atoms with Gasteiger partial charge in [-0.1, -0.05) is 13.8 Å². The molecule has 0 fully saturated rings. The van der Waals surface area contributed by atoms with Crippen molar-refractivity contribution in [2.24, 2.45) is 5.92 Å². The zero-order chi connectivity index (χ0) is 22.5. The Balaban J connectivity index is 2.30. The molecule has 0 unspecified atom stereocenters. The minimum atomic E-state index is -0.333. The Kier molecular flexibility index (Phi) is 7.54. The molecule has 30 heavy (non-hydrogen) atoms. The fraction of sp³-hybridized carbons (Fsp3) is 0.478. The Bertz CT molecular complexity index is 852. The second-order valence-corrected chi connectivity index (χ2v) is 9.00. The Morgan fingerprint density at radius 2 is 1.80 bits per heavy atom. The van der Waals surface area contributed by atoms with Gasteiger partial charge in [-0.25, -0.2) is 4.79 Å². The van der Waals surface area contributed by atoms with E-state index in [0.717, 1.165) is 17.0 Å². The fourth-order valence-electron chi connectivity index (χ4n) is 3.10. The maximum absolute atomic E-state index is 12.9. The van der Waals surface area contributed by atoms with E-state index in [0.29, 0.717) is 18.8 Å². The summed E-state index contributed by atoms with van der Waals surface area (Å²) in [7, 11) is 3.92. The van der Waals surface area contributed by atoms with Crippen LogP contribution in [0, 0.1) is 5.92 Å². The van der Waals surface area contributed by atoms with Crippen molar-refractivity contribution >= 4 is 23.3 Å². The highest BCUT2D eigenvalue weighted by Crippen LogP contribution is 2.26. The highest BCUT2D eigenvalue weighted by atomic mass is 16.3. The van der Waals surface area contributed by atoms with E-state index < -0.39 is 0 Å². The zero-order valence-electron chi connectivity index (χ0n) is 19.1. The average molecular weight is 415 g/mol. The number of nitrogens with one attached hydrogen (secondary N) is 2. The first-order valence-corrected chi connectivity index (χ1v) is 10.2. The molecule has 2 N–H and O–H groups in total. The molecule has 0 spiro atoms. The van der Waals surface area contributed by atoms with Crippen LogP contribution in [0.5, 0.6) is 0 Å². The number of benzene rings is 1. The smallest absolute Gasteiger partial charge is 0.319 e. The van der Waals surface area contributed by atoms with E-state index in [-0.39, 0.29) is 23.4 Å². The molecular weight excluding hydrogens is 380 g/mol. The number of amides is 3. The molecule has 164 valence electrons. The molecule has 1 heterocycles. The summed E-state index contributed by atoms with van der Waals surface area (Å²) in [5.74, 6) is 0.635. The number of rotatable bonds is 7. The van der Waals surface area contributed by atoms with Gasteiger partial charge in [-0.05, 0) is 56.7 Å². The second kappa shape index (κ2) is 9.69. The monoisotopic (exact) mass is 414 g/mol. The van der Waals surface area contributed by atoms with Crippen LogP contribution < -0.4 is 15.5 Å². The van der Waals surface area contributed by atoms with Crippen molar-refractivity contribution in [3.8, 4) is 0 Å². The molecule has 0 saturated carbocycles. The Morgan fingerprint density at radius 1 is 1.10 bits per heavy atom. The van der Waals surface area contributed by atoms with Crippen molar-refractivity contribution in [3.05, 3.63) is 47.9 Å². The van der Waals surface area contributed by atoms with Crippen molar-refractivity contribution in [2.45, 2.75) is 53.2 Å². The summed E-state index contributed by atoms with van der Waals surface area (Å²) in [6, 6.07) is 9.14. The van der Waals surface area contributed by atoms with E-state index >= 15 is 0 Å². The normalized spacial score (nSPS) is 11.3. The molecule has 0 radical (unpaired) electrons. The highest BCUT2D eigenvalue weighted by Gasteiger charge is 2.21. The molecule has 0 saturated heterocycles. The minimum absolute atomic E-state index is 0.0416. The molecule has 7 nitrogen and oxygen atoms in total. The first-order valence-electron chi connectivity index (χ1n) is 10.2. The fourth-order valence-corrected chi connectivity index (χ4v) is 3.10. The molecule has 0 bridgehead atoms. The van der Waals surface area contributed by atoms with Crippen molar-refractivity contribution in [3.63, 3.8) is 0 Å². The van der Waals surface area contributed by atoms with E-state index in [4.69, 9.17) is 4.42 Å². The van der Waals surface area contributed by atoms with Gasteiger partial charge in [0.05, 0.1) is 12.8 Å². The molecule has 3 amide bonds. The first-order chi connectivity index (χ1) is 14.0. The minimum Gasteiger partial charge on any atom is -0.467 e. The number of furan rings is 1. The van der Waals surface area contributed by atoms with Crippen molar-refractivity contribution < 1.29 is 14.0 Å². The lowest BCUT2D eigenvalue weighted by Crippen LogP contribution is -2.43. The molecule has 0 aliphatic carbocycles. The first kappa shape index (κ1) is 23.3. The van der Waals surface area contributed by atoms with Crippen molar-refractivity contribution in [1.82, 2.24) is 10.2 Å². The maximum Gasteiger partial charge on any atom is 0.319 e. The number of hydrogen-bond acceptors (Lipinski definition) is 4. The average Bonchev–Trinajstić information content (AvgIpc) is 3.11. The van der Waals surface area contributed by atoms with Crippen LogP contribution in [-0.2, 0) is 17.9 Å².